The number of esters is 3. The Bertz CT molecular complexity index is 826. The van der Waals surface area contributed by atoms with Crippen LogP contribution in [0.15, 0.2) is 23.3 Å². The molecule has 1 saturated carbocycles. The number of rotatable bonds is 3. The van der Waals surface area contributed by atoms with Crippen LogP contribution in [0.1, 0.15) is 80.1 Å². The second-order valence-corrected chi connectivity index (χ2v) is 10.3. The molecular formula is C26H38O6. The minimum Gasteiger partial charge on any atom is -0.458 e. The summed E-state index contributed by atoms with van der Waals surface area (Å²) in [4.78, 5) is 36.5. The molecule has 178 valence electrons. The van der Waals surface area contributed by atoms with Gasteiger partial charge in [-0.1, -0.05) is 38.0 Å². The number of carbonyl (C=O) groups excluding carboxylic acids is 3. The SMILES string of the molecule is C=C1CCCC(C)CC(OC(C)=O)C2=C(C)C3C1CCC3(C)C(OC(C)=O)C2OC(C)=O. The lowest BCUT2D eigenvalue weighted by atomic mass is 9.60. The van der Waals surface area contributed by atoms with Gasteiger partial charge in [-0.3, -0.25) is 14.4 Å². The highest BCUT2D eigenvalue weighted by Crippen LogP contribution is 2.60. The van der Waals surface area contributed by atoms with Crippen LogP contribution in [0.4, 0.5) is 0 Å². The van der Waals surface area contributed by atoms with Gasteiger partial charge in [-0.05, 0) is 56.8 Å². The Morgan fingerprint density at radius 1 is 1.00 bits per heavy atom. The van der Waals surface area contributed by atoms with Crippen LogP contribution in [0.3, 0.4) is 0 Å². The third kappa shape index (κ3) is 4.65. The first-order valence-electron chi connectivity index (χ1n) is 11.9. The quantitative estimate of drug-likeness (QED) is 0.348. The number of allylic oxidation sites excluding steroid dienone is 2. The molecule has 0 N–H and O–H groups in total. The van der Waals surface area contributed by atoms with Gasteiger partial charge in [0.25, 0.3) is 0 Å². The van der Waals surface area contributed by atoms with Gasteiger partial charge in [-0.15, -0.1) is 0 Å². The molecule has 0 aromatic heterocycles. The molecule has 3 rings (SSSR count). The monoisotopic (exact) mass is 446 g/mol. The lowest BCUT2D eigenvalue weighted by Gasteiger charge is -2.50. The first-order chi connectivity index (χ1) is 15.0. The fourth-order valence-corrected chi connectivity index (χ4v) is 6.62. The molecular weight excluding hydrogens is 408 g/mol. The summed E-state index contributed by atoms with van der Waals surface area (Å²) in [6, 6.07) is 0. The van der Waals surface area contributed by atoms with Crippen molar-refractivity contribution in [2.24, 2.45) is 23.2 Å². The van der Waals surface area contributed by atoms with Crippen LogP contribution in [-0.2, 0) is 28.6 Å². The van der Waals surface area contributed by atoms with E-state index in [1.165, 1.54) is 26.3 Å². The van der Waals surface area contributed by atoms with Crippen molar-refractivity contribution in [3.8, 4) is 0 Å². The van der Waals surface area contributed by atoms with Crippen molar-refractivity contribution in [3.63, 3.8) is 0 Å². The van der Waals surface area contributed by atoms with Crippen LogP contribution in [0.2, 0.25) is 0 Å². The van der Waals surface area contributed by atoms with Gasteiger partial charge in [-0.25, -0.2) is 0 Å². The normalized spacial score (nSPS) is 37.4. The van der Waals surface area contributed by atoms with Crippen LogP contribution in [0, 0.1) is 23.2 Å². The van der Waals surface area contributed by atoms with Gasteiger partial charge in [0.15, 0.2) is 6.10 Å². The molecule has 0 aromatic carbocycles. The molecule has 0 spiro atoms. The minimum absolute atomic E-state index is 0.0904. The summed E-state index contributed by atoms with van der Waals surface area (Å²) in [5, 5.41) is 0. The predicted octanol–water partition coefficient (Wildman–Crippen LogP) is 4.91. The number of hydrogen-bond donors (Lipinski definition) is 0. The molecule has 7 atom stereocenters. The molecule has 1 fully saturated rings. The Balaban J connectivity index is 2.25. The van der Waals surface area contributed by atoms with E-state index in [4.69, 9.17) is 14.2 Å². The summed E-state index contributed by atoms with van der Waals surface area (Å²) in [5.74, 6) is -0.565. The van der Waals surface area contributed by atoms with E-state index in [0.29, 0.717) is 12.3 Å². The molecule has 0 heterocycles. The van der Waals surface area contributed by atoms with Crippen LogP contribution >= 0.6 is 0 Å². The first kappa shape index (κ1) is 24.5. The molecule has 0 aliphatic heterocycles. The van der Waals surface area contributed by atoms with E-state index >= 15 is 0 Å². The molecule has 6 nitrogen and oxygen atoms in total. The first-order valence-corrected chi connectivity index (χ1v) is 11.9. The molecule has 6 heteroatoms. The Hall–Kier alpha value is -2.11. The maximum atomic E-state index is 12.2. The highest BCUT2D eigenvalue weighted by atomic mass is 16.6. The van der Waals surface area contributed by atoms with E-state index in [2.05, 4.69) is 27.4 Å². The van der Waals surface area contributed by atoms with E-state index < -0.39 is 35.7 Å². The fourth-order valence-electron chi connectivity index (χ4n) is 6.62. The minimum atomic E-state index is -0.776. The Morgan fingerprint density at radius 2 is 1.62 bits per heavy atom. The molecule has 0 amide bonds. The summed E-state index contributed by atoms with van der Waals surface area (Å²) >= 11 is 0. The highest BCUT2D eigenvalue weighted by molar-refractivity contribution is 5.69. The Kier molecular flexibility index (Phi) is 7.21. The van der Waals surface area contributed by atoms with E-state index in [9.17, 15) is 14.4 Å². The predicted molar refractivity (Wildman–Crippen MR) is 120 cm³/mol. The summed E-state index contributed by atoms with van der Waals surface area (Å²) in [6.07, 6.45) is 3.50. The molecule has 0 aromatic rings. The molecule has 7 unspecified atom stereocenters. The second kappa shape index (κ2) is 9.40. The topological polar surface area (TPSA) is 78.9 Å². The van der Waals surface area contributed by atoms with Gasteiger partial charge in [0.1, 0.15) is 12.2 Å². The van der Waals surface area contributed by atoms with Crippen molar-refractivity contribution in [2.75, 3.05) is 0 Å². The van der Waals surface area contributed by atoms with Gasteiger partial charge < -0.3 is 14.2 Å². The van der Waals surface area contributed by atoms with Crippen molar-refractivity contribution in [3.05, 3.63) is 23.3 Å². The summed E-state index contributed by atoms with van der Waals surface area (Å²) < 4.78 is 17.6. The van der Waals surface area contributed by atoms with Crippen molar-refractivity contribution in [2.45, 2.75) is 98.4 Å². The molecule has 0 saturated heterocycles. The molecule has 2 bridgehead atoms. The maximum Gasteiger partial charge on any atom is 0.303 e. The molecule has 0 radical (unpaired) electrons. The number of ether oxygens (including phenoxy) is 3. The third-order valence-electron chi connectivity index (χ3n) is 7.84. The van der Waals surface area contributed by atoms with Crippen molar-refractivity contribution in [1.82, 2.24) is 0 Å². The van der Waals surface area contributed by atoms with Crippen LogP contribution in [0.25, 0.3) is 0 Å². The zero-order chi connectivity index (χ0) is 23.8. The standard InChI is InChI=1S/C26H38O6/c1-14-9-8-10-15(2)20-11-12-26(7)23(20)16(3)22(21(13-14)30-17(4)27)24(31-18(5)28)25(26)32-19(6)29/h14,20-21,23-25H,2,8-13H2,1,3-7H3. The van der Waals surface area contributed by atoms with Gasteiger partial charge in [-0.2, -0.15) is 0 Å². The lowest BCUT2D eigenvalue weighted by molar-refractivity contribution is -0.180. The van der Waals surface area contributed by atoms with Crippen molar-refractivity contribution in [1.29, 1.82) is 0 Å². The van der Waals surface area contributed by atoms with E-state index in [0.717, 1.165) is 43.3 Å². The van der Waals surface area contributed by atoms with Crippen LogP contribution < -0.4 is 0 Å². The van der Waals surface area contributed by atoms with Crippen LogP contribution in [-0.4, -0.2) is 36.2 Å². The zero-order valence-electron chi connectivity index (χ0n) is 20.4. The zero-order valence-corrected chi connectivity index (χ0v) is 20.4. The largest absolute Gasteiger partial charge is 0.458 e. The smallest absolute Gasteiger partial charge is 0.303 e. The lowest BCUT2D eigenvalue weighted by Crippen LogP contribution is -2.55. The van der Waals surface area contributed by atoms with Gasteiger partial charge in [0.2, 0.25) is 0 Å². The number of carbonyl (C=O) groups is 3. The Morgan fingerprint density at radius 3 is 2.22 bits per heavy atom. The van der Waals surface area contributed by atoms with E-state index in [1.54, 1.807) is 0 Å². The van der Waals surface area contributed by atoms with Crippen molar-refractivity contribution < 1.29 is 28.6 Å². The average molecular weight is 447 g/mol. The van der Waals surface area contributed by atoms with Gasteiger partial charge in [0, 0.05) is 31.8 Å². The maximum absolute atomic E-state index is 12.2. The number of hydrogen-bond acceptors (Lipinski definition) is 6. The van der Waals surface area contributed by atoms with Gasteiger partial charge >= 0.3 is 17.9 Å². The Labute approximate surface area is 191 Å². The van der Waals surface area contributed by atoms with Gasteiger partial charge in [0.05, 0.1) is 0 Å². The summed E-state index contributed by atoms with van der Waals surface area (Å²) in [5.41, 5.74) is 2.72. The van der Waals surface area contributed by atoms with Crippen molar-refractivity contribution >= 4 is 17.9 Å². The molecule has 32 heavy (non-hydrogen) atoms. The fraction of sp³-hybridized carbons (Fsp3) is 0.731. The van der Waals surface area contributed by atoms with E-state index in [1.807, 2.05) is 0 Å². The average Bonchev–Trinajstić information content (AvgIpc) is 3.01. The molecule has 3 aliphatic rings. The summed E-state index contributed by atoms with van der Waals surface area (Å²) in [7, 11) is 0. The second-order valence-electron chi connectivity index (χ2n) is 10.3. The summed E-state index contributed by atoms with van der Waals surface area (Å²) in [6.45, 7) is 15.0. The third-order valence-corrected chi connectivity index (χ3v) is 7.84. The van der Waals surface area contributed by atoms with E-state index in [-0.39, 0.29) is 17.8 Å². The molecule has 3 aliphatic carbocycles. The van der Waals surface area contributed by atoms with Crippen LogP contribution in [0.5, 0.6) is 0 Å². The highest BCUT2D eigenvalue weighted by Gasteiger charge is 2.60.